The van der Waals surface area contributed by atoms with E-state index in [1.165, 1.54) is 11.8 Å². The minimum atomic E-state index is -0.258. The number of carbonyl (C=O) groups excluding carboxylic acids is 1. The Morgan fingerprint density at radius 3 is 2.58 bits per heavy atom. The highest BCUT2D eigenvalue weighted by Gasteiger charge is 2.17. The number of hydrazone groups is 1. The molecule has 2 aromatic heterocycles. The second kappa shape index (κ2) is 9.63. The van der Waals surface area contributed by atoms with Crippen LogP contribution < -0.4 is 5.43 Å². The number of nitrogens with zero attached hydrogens (tertiary/aromatic N) is 4. The Balaban J connectivity index is 1.53. The van der Waals surface area contributed by atoms with Crippen LogP contribution in [0.2, 0.25) is 5.02 Å². The van der Waals surface area contributed by atoms with Crippen LogP contribution in [-0.4, -0.2) is 32.1 Å². The largest absolute Gasteiger partial charge is 0.463 e. The monoisotopic (exact) mass is 451 g/mol. The highest BCUT2D eigenvalue weighted by Crippen LogP contribution is 2.28. The van der Waals surface area contributed by atoms with Gasteiger partial charge in [0.05, 0.1) is 12.0 Å². The second-order valence-corrected chi connectivity index (χ2v) is 7.86. The van der Waals surface area contributed by atoms with Crippen molar-refractivity contribution in [3.8, 4) is 17.1 Å². The number of aromatic nitrogens is 3. The summed E-state index contributed by atoms with van der Waals surface area (Å²) in [5.41, 5.74) is 4.89. The van der Waals surface area contributed by atoms with Crippen LogP contribution in [0.15, 0.2) is 87.7 Å². The molecule has 156 valence electrons. The molecular weight excluding hydrogens is 434 g/mol. The molecule has 0 saturated carbocycles. The summed E-state index contributed by atoms with van der Waals surface area (Å²) in [5, 5.41) is 14.0. The standard InChI is InChI=1S/C22H18ClN5O2S/c1-15(19-8-5-13-30-19)24-25-20(29)14-31-22-27-26-21(16-9-11-17(23)12-10-16)28(22)18-6-3-2-4-7-18/h2-13H,14H2,1H3,(H,25,29)/b24-15+. The molecule has 0 aliphatic carbocycles. The lowest BCUT2D eigenvalue weighted by Gasteiger charge is -2.10. The Morgan fingerprint density at radius 1 is 1.10 bits per heavy atom. The maximum absolute atomic E-state index is 12.3. The molecule has 0 saturated heterocycles. The Bertz CT molecular complexity index is 1190. The van der Waals surface area contributed by atoms with Gasteiger partial charge in [0.15, 0.2) is 11.0 Å². The van der Waals surface area contributed by atoms with E-state index in [0.717, 1.165) is 11.3 Å². The first-order valence-corrected chi connectivity index (χ1v) is 10.7. The molecular formula is C22H18ClN5O2S. The van der Waals surface area contributed by atoms with Crippen LogP contribution in [0.4, 0.5) is 0 Å². The van der Waals surface area contributed by atoms with Crippen LogP contribution in [0, 0.1) is 0 Å². The molecule has 1 amide bonds. The molecule has 7 nitrogen and oxygen atoms in total. The van der Waals surface area contributed by atoms with Gasteiger partial charge in [-0.3, -0.25) is 9.36 Å². The van der Waals surface area contributed by atoms with Crippen molar-refractivity contribution in [2.75, 3.05) is 5.75 Å². The molecule has 0 radical (unpaired) electrons. The maximum Gasteiger partial charge on any atom is 0.250 e. The van der Waals surface area contributed by atoms with E-state index in [2.05, 4.69) is 20.7 Å². The summed E-state index contributed by atoms with van der Waals surface area (Å²) in [6, 6.07) is 20.7. The number of hydrogen-bond acceptors (Lipinski definition) is 6. The fourth-order valence-corrected chi connectivity index (χ4v) is 3.68. The molecule has 0 atom stereocenters. The van der Waals surface area contributed by atoms with Gasteiger partial charge in [-0.05, 0) is 55.5 Å². The van der Waals surface area contributed by atoms with Crippen LogP contribution in [-0.2, 0) is 4.79 Å². The molecule has 0 aliphatic rings. The summed E-state index contributed by atoms with van der Waals surface area (Å²) in [7, 11) is 0. The van der Waals surface area contributed by atoms with Crippen molar-refractivity contribution in [2.45, 2.75) is 12.1 Å². The summed E-state index contributed by atoms with van der Waals surface area (Å²) in [6.07, 6.45) is 1.56. The van der Waals surface area contributed by atoms with Crippen molar-refractivity contribution in [3.63, 3.8) is 0 Å². The zero-order valence-electron chi connectivity index (χ0n) is 16.5. The summed E-state index contributed by atoms with van der Waals surface area (Å²) in [6.45, 7) is 1.76. The highest BCUT2D eigenvalue weighted by atomic mass is 35.5. The van der Waals surface area contributed by atoms with Gasteiger partial charge in [-0.2, -0.15) is 5.10 Å². The number of thioether (sulfide) groups is 1. The maximum atomic E-state index is 12.3. The average Bonchev–Trinajstić information content (AvgIpc) is 3.47. The van der Waals surface area contributed by atoms with Gasteiger partial charge in [0.25, 0.3) is 5.91 Å². The van der Waals surface area contributed by atoms with Gasteiger partial charge >= 0.3 is 0 Å². The Morgan fingerprint density at radius 2 is 1.87 bits per heavy atom. The molecule has 2 heterocycles. The van der Waals surface area contributed by atoms with E-state index >= 15 is 0 Å². The lowest BCUT2D eigenvalue weighted by molar-refractivity contribution is -0.118. The molecule has 4 aromatic rings. The molecule has 0 unspecified atom stereocenters. The SMILES string of the molecule is C/C(=N\NC(=O)CSc1nnc(-c2ccc(Cl)cc2)n1-c1ccccc1)c1ccco1. The molecule has 0 aliphatic heterocycles. The molecule has 0 bridgehead atoms. The molecule has 2 aromatic carbocycles. The number of amides is 1. The molecule has 4 rings (SSSR count). The number of furan rings is 1. The van der Waals surface area contributed by atoms with Gasteiger partial charge in [-0.25, -0.2) is 5.43 Å². The third kappa shape index (κ3) is 5.04. The smallest absolute Gasteiger partial charge is 0.250 e. The van der Waals surface area contributed by atoms with Crippen molar-refractivity contribution in [2.24, 2.45) is 5.10 Å². The van der Waals surface area contributed by atoms with E-state index < -0.39 is 0 Å². The van der Waals surface area contributed by atoms with Crippen molar-refractivity contribution < 1.29 is 9.21 Å². The van der Waals surface area contributed by atoms with Crippen molar-refractivity contribution in [1.82, 2.24) is 20.2 Å². The summed E-state index contributed by atoms with van der Waals surface area (Å²) in [4.78, 5) is 12.3. The first-order valence-electron chi connectivity index (χ1n) is 9.38. The van der Waals surface area contributed by atoms with Crippen molar-refractivity contribution >= 4 is 35.0 Å². The Labute approximate surface area is 188 Å². The van der Waals surface area contributed by atoms with Crippen molar-refractivity contribution in [3.05, 3.63) is 83.8 Å². The number of benzene rings is 2. The lowest BCUT2D eigenvalue weighted by Crippen LogP contribution is -2.21. The van der Waals surface area contributed by atoms with E-state index in [-0.39, 0.29) is 11.7 Å². The van der Waals surface area contributed by atoms with Crippen LogP contribution in [0.25, 0.3) is 17.1 Å². The van der Waals surface area contributed by atoms with Crippen LogP contribution >= 0.6 is 23.4 Å². The van der Waals surface area contributed by atoms with E-state index in [0.29, 0.717) is 27.5 Å². The Hall–Kier alpha value is -3.36. The van der Waals surface area contributed by atoms with Crippen LogP contribution in [0.3, 0.4) is 0 Å². The molecule has 0 fully saturated rings. The lowest BCUT2D eigenvalue weighted by atomic mass is 10.2. The van der Waals surface area contributed by atoms with Gasteiger partial charge in [0.2, 0.25) is 0 Å². The predicted molar refractivity (Wildman–Crippen MR) is 122 cm³/mol. The predicted octanol–water partition coefficient (Wildman–Crippen LogP) is 4.81. The number of halogens is 1. The summed E-state index contributed by atoms with van der Waals surface area (Å²) in [5.74, 6) is 1.13. The van der Waals surface area contributed by atoms with Crippen LogP contribution in [0.5, 0.6) is 0 Å². The third-order valence-corrected chi connectivity index (χ3v) is 5.49. The number of rotatable bonds is 7. The minimum absolute atomic E-state index is 0.126. The number of para-hydroxylation sites is 1. The highest BCUT2D eigenvalue weighted by molar-refractivity contribution is 7.99. The average molecular weight is 452 g/mol. The normalized spacial score (nSPS) is 11.5. The fourth-order valence-electron chi connectivity index (χ4n) is 2.81. The van der Waals surface area contributed by atoms with Gasteiger partial charge in [-0.1, -0.05) is 41.6 Å². The molecule has 1 N–H and O–H groups in total. The van der Waals surface area contributed by atoms with Gasteiger partial charge in [-0.15, -0.1) is 10.2 Å². The molecule has 9 heteroatoms. The zero-order valence-corrected chi connectivity index (χ0v) is 18.1. The van der Waals surface area contributed by atoms with E-state index in [1.54, 1.807) is 37.5 Å². The molecule has 31 heavy (non-hydrogen) atoms. The summed E-state index contributed by atoms with van der Waals surface area (Å²) < 4.78 is 7.17. The zero-order chi connectivity index (χ0) is 21.6. The molecule has 0 spiro atoms. The number of carbonyl (C=O) groups is 1. The van der Waals surface area contributed by atoms with E-state index in [1.807, 2.05) is 47.0 Å². The van der Waals surface area contributed by atoms with Gasteiger partial charge < -0.3 is 4.42 Å². The van der Waals surface area contributed by atoms with Gasteiger partial charge in [0, 0.05) is 16.3 Å². The van der Waals surface area contributed by atoms with Crippen LogP contribution in [0.1, 0.15) is 12.7 Å². The number of nitrogens with one attached hydrogen (secondary N) is 1. The Kier molecular flexibility index (Phi) is 6.49. The first kappa shape index (κ1) is 20.9. The van der Waals surface area contributed by atoms with Crippen molar-refractivity contribution in [1.29, 1.82) is 0 Å². The van der Waals surface area contributed by atoms with E-state index in [4.69, 9.17) is 16.0 Å². The second-order valence-electron chi connectivity index (χ2n) is 6.48. The first-order chi connectivity index (χ1) is 15.1. The third-order valence-electron chi connectivity index (χ3n) is 4.31. The summed E-state index contributed by atoms with van der Waals surface area (Å²) >= 11 is 7.30. The number of hydrogen-bond donors (Lipinski definition) is 1. The van der Waals surface area contributed by atoms with E-state index in [9.17, 15) is 4.79 Å². The quantitative estimate of drug-likeness (QED) is 0.247. The topological polar surface area (TPSA) is 85.3 Å². The minimum Gasteiger partial charge on any atom is -0.463 e. The van der Waals surface area contributed by atoms with Gasteiger partial charge in [0.1, 0.15) is 11.5 Å². The fraction of sp³-hybridized carbons (Fsp3) is 0.0909.